The van der Waals surface area contributed by atoms with E-state index in [0.717, 1.165) is 32.5 Å². The molecule has 2 nitrogen and oxygen atoms in total. The number of aryl methyl sites for hydroxylation is 1. The van der Waals surface area contributed by atoms with Gasteiger partial charge in [-0.15, -0.1) is 0 Å². The second-order valence-electron chi connectivity index (χ2n) is 7.39. The molecule has 0 N–H and O–H groups in total. The minimum Gasteiger partial charge on any atom is -0.353 e. The van der Waals surface area contributed by atoms with Crippen LogP contribution in [0, 0.1) is 20.8 Å². The highest BCUT2D eigenvalue weighted by atomic mass is 35.7. The lowest BCUT2D eigenvalue weighted by atomic mass is 9.95. The fourth-order valence-electron chi connectivity index (χ4n) is 3.46. The summed E-state index contributed by atoms with van der Waals surface area (Å²) in [6.45, 7) is 12.2. The van der Waals surface area contributed by atoms with Crippen molar-refractivity contribution in [3.8, 4) is 0 Å². The monoisotopic (exact) mass is 426 g/mol. The number of hydrogen-bond acceptors (Lipinski definition) is 2. The molecule has 0 aromatic heterocycles. The van der Waals surface area contributed by atoms with Gasteiger partial charge in [-0.2, -0.15) is 0 Å². The Kier molecular flexibility index (Phi) is 14.1. The van der Waals surface area contributed by atoms with Gasteiger partial charge in [-0.3, -0.25) is 0 Å². The van der Waals surface area contributed by atoms with Crippen molar-refractivity contribution < 1.29 is 9.47 Å². The van der Waals surface area contributed by atoms with E-state index in [1.807, 2.05) is 13.8 Å². The Morgan fingerprint density at radius 3 is 2.14 bits per heavy atom. The van der Waals surface area contributed by atoms with Crippen LogP contribution in [0.15, 0.2) is 18.2 Å². The molecule has 0 bridgehead atoms. The average Bonchev–Trinajstić information content (AvgIpc) is 2.69. The van der Waals surface area contributed by atoms with Gasteiger partial charge in [-0.25, -0.2) is 0 Å². The van der Waals surface area contributed by atoms with Crippen molar-refractivity contribution >= 4 is 24.5 Å². The third kappa shape index (κ3) is 9.40. The van der Waals surface area contributed by atoms with Crippen LogP contribution >= 0.6 is 19.2 Å². The number of ether oxygens (including phenoxy) is 2. The molecule has 0 saturated carbocycles. The zero-order valence-electron chi connectivity index (χ0n) is 18.6. The third-order valence-electron chi connectivity index (χ3n) is 5.43. The number of benzene rings is 1. The summed E-state index contributed by atoms with van der Waals surface area (Å²) in [6, 6.07) is 2.32. The molecule has 28 heavy (non-hydrogen) atoms. The summed E-state index contributed by atoms with van der Waals surface area (Å²) >= 11 is 6.13. The first-order chi connectivity index (χ1) is 13.5. The molecule has 160 valence electrons. The second-order valence-corrected chi connectivity index (χ2v) is 8.69. The number of rotatable bonds is 15. The normalized spacial score (nSPS) is 12.2. The average molecular weight is 427 g/mol. The van der Waals surface area contributed by atoms with Gasteiger partial charge in [0.15, 0.2) is 6.29 Å². The molecule has 0 heterocycles. The van der Waals surface area contributed by atoms with E-state index in [4.69, 9.17) is 20.7 Å². The maximum absolute atomic E-state index is 6.13. The van der Waals surface area contributed by atoms with E-state index >= 15 is 0 Å². The maximum Gasteiger partial charge on any atom is 0.157 e. The van der Waals surface area contributed by atoms with E-state index in [9.17, 15) is 0 Å². The molecular formula is C24H40ClO2P. The number of halogens is 1. The van der Waals surface area contributed by atoms with Gasteiger partial charge in [0.25, 0.3) is 0 Å². The Bertz CT molecular complexity index is 580. The molecule has 1 aromatic carbocycles. The van der Waals surface area contributed by atoms with Crippen LogP contribution in [0.4, 0.5) is 0 Å². The van der Waals surface area contributed by atoms with Crippen LogP contribution in [0.25, 0.3) is 0 Å². The van der Waals surface area contributed by atoms with Crippen molar-refractivity contribution in [2.75, 3.05) is 13.2 Å². The largest absolute Gasteiger partial charge is 0.353 e. The minimum absolute atomic E-state index is 0.0146. The first-order valence-electron chi connectivity index (χ1n) is 10.9. The second kappa shape index (κ2) is 15.4. The first kappa shape index (κ1) is 25.6. The molecule has 0 amide bonds. The Balaban J connectivity index is 2.20. The third-order valence-corrected chi connectivity index (χ3v) is 6.76. The Hall–Kier alpha value is -0.400. The van der Waals surface area contributed by atoms with Crippen LogP contribution in [-0.4, -0.2) is 19.5 Å². The summed E-state index contributed by atoms with van der Waals surface area (Å²) in [5, 5.41) is 1.31. The number of allylic oxidation sites excluding steroid dienone is 2. The summed E-state index contributed by atoms with van der Waals surface area (Å²) < 4.78 is 11.2. The molecule has 0 aliphatic carbocycles. The van der Waals surface area contributed by atoms with Crippen LogP contribution < -0.4 is 5.30 Å². The highest BCUT2D eigenvalue weighted by molar-refractivity contribution is 7.75. The summed E-state index contributed by atoms with van der Waals surface area (Å²) in [5.74, 6) is 0. The topological polar surface area (TPSA) is 18.5 Å². The fraction of sp³-hybridized carbons (Fsp3) is 0.667. The number of hydrogen-bond donors (Lipinski definition) is 0. The van der Waals surface area contributed by atoms with Gasteiger partial charge in [0.1, 0.15) is 0 Å². The lowest BCUT2D eigenvalue weighted by molar-refractivity contribution is -0.140. The SMILES string of the molecule is CCOC(CCCCC/C=C/CCCc1cc(PCl)c(C)c(C)c1C)OCC. The molecule has 1 unspecified atom stereocenters. The van der Waals surface area contributed by atoms with Gasteiger partial charge < -0.3 is 9.47 Å². The van der Waals surface area contributed by atoms with Crippen molar-refractivity contribution in [3.05, 3.63) is 40.5 Å². The van der Waals surface area contributed by atoms with Crippen LogP contribution in [-0.2, 0) is 15.9 Å². The van der Waals surface area contributed by atoms with Gasteiger partial charge in [-0.05, 0) is 113 Å². The Morgan fingerprint density at radius 1 is 0.893 bits per heavy atom. The van der Waals surface area contributed by atoms with Crippen molar-refractivity contribution in [1.82, 2.24) is 0 Å². The summed E-state index contributed by atoms with van der Waals surface area (Å²) in [4.78, 5) is 0. The van der Waals surface area contributed by atoms with Crippen LogP contribution in [0.1, 0.15) is 81.0 Å². The minimum atomic E-state index is -0.0146. The first-order valence-corrected chi connectivity index (χ1v) is 12.9. The van der Waals surface area contributed by atoms with Gasteiger partial charge >= 0.3 is 0 Å². The van der Waals surface area contributed by atoms with E-state index in [-0.39, 0.29) is 6.29 Å². The van der Waals surface area contributed by atoms with Crippen LogP contribution in [0.2, 0.25) is 0 Å². The van der Waals surface area contributed by atoms with E-state index in [1.165, 1.54) is 59.7 Å². The summed E-state index contributed by atoms with van der Waals surface area (Å²) in [7, 11) is 0.363. The predicted octanol–water partition coefficient (Wildman–Crippen LogP) is 7.30. The van der Waals surface area contributed by atoms with Crippen molar-refractivity contribution in [2.24, 2.45) is 0 Å². The zero-order chi connectivity index (χ0) is 20.8. The molecule has 1 rings (SSSR count). The predicted molar refractivity (Wildman–Crippen MR) is 127 cm³/mol. The van der Waals surface area contributed by atoms with Gasteiger partial charge in [0.2, 0.25) is 0 Å². The zero-order valence-corrected chi connectivity index (χ0v) is 20.3. The van der Waals surface area contributed by atoms with Gasteiger partial charge in [0, 0.05) is 21.1 Å². The Morgan fingerprint density at radius 2 is 1.54 bits per heavy atom. The van der Waals surface area contributed by atoms with E-state index in [1.54, 1.807) is 0 Å². The quantitative estimate of drug-likeness (QED) is 0.127. The molecule has 1 atom stereocenters. The number of unbranched alkanes of at least 4 members (excludes halogenated alkanes) is 4. The van der Waals surface area contributed by atoms with Gasteiger partial charge in [0.05, 0.1) is 0 Å². The smallest absolute Gasteiger partial charge is 0.157 e. The van der Waals surface area contributed by atoms with E-state index in [2.05, 4.69) is 39.0 Å². The Labute approximate surface area is 180 Å². The standard InChI is InChI=1S/C24H40ClO2P/c1-6-26-24(27-7-2)17-15-13-11-9-8-10-12-14-16-22-18-23(28-25)21(5)19(3)20(22)4/h8,10,18,24,28H,6-7,9,11-17H2,1-5H3/b10-8+. The lowest BCUT2D eigenvalue weighted by Gasteiger charge is -2.16. The molecule has 1 aromatic rings. The lowest BCUT2D eigenvalue weighted by Crippen LogP contribution is -2.17. The molecule has 0 spiro atoms. The van der Waals surface area contributed by atoms with Crippen molar-refractivity contribution in [1.29, 1.82) is 0 Å². The highest BCUT2D eigenvalue weighted by Crippen LogP contribution is 2.25. The summed E-state index contributed by atoms with van der Waals surface area (Å²) in [6.07, 6.45) is 14.0. The van der Waals surface area contributed by atoms with Crippen molar-refractivity contribution in [2.45, 2.75) is 92.3 Å². The molecular weight excluding hydrogens is 387 g/mol. The highest BCUT2D eigenvalue weighted by Gasteiger charge is 2.09. The van der Waals surface area contributed by atoms with Crippen LogP contribution in [0.3, 0.4) is 0 Å². The molecule has 0 aliphatic rings. The van der Waals surface area contributed by atoms with E-state index in [0.29, 0.717) is 7.93 Å². The van der Waals surface area contributed by atoms with Gasteiger partial charge in [-0.1, -0.05) is 29.8 Å². The maximum atomic E-state index is 6.13. The molecule has 4 heteroatoms. The van der Waals surface area contributed by atoms with Crippen LogP contribution in [0.5, 0.6) is 0 Å². The fourth-order valence-corrected chi connectivity index (χ4v) is 4.60. The molecule has 0 aliphatic heterocycles. The van der Waals surface area contributed by atoms with E-state index < -0.39 is 0 Å². The van der Waals surface area contributed by atoms with Crippen molar-refractivity contribution in [3.63, 3.8) is 0 Å². The molecule has 0 radical (unpaired) electrons. The molecule has 0 saturated heterocycles. The summed E-state index contributed by atoms with van der Waals surface area (Å²) in [5.41, 5.74) is 5.69. The molecule has 0 fully saturated rings.